The molecule has 5 aromatic rings. The zero-order valence-electron chi connectivity index (χ0n) is 25.6. The van der Waals surface area contributed by atoms with E-state index in [1.54, 1.807) is 6.20 Å². The molecule has 0 radical (unpaired) electrons. The molecule has 12 heteroatoms. The van der Waals surface area contributed by atoms with Gasteiger partial charge in [0.2, 0.25) is 17.7 Å². The van der Waals surface area contributed by atoms with Crippen molar-refractivity contribution in [3.05, 3.63) is 126 Å². The number of H-pyrrole nitrogens is 2. The molecular formula is C35H37N7O5. The van der Waals surface area contributed by atoms with Crippen LogP contribution in [0.1, 0.15) is 22.4 Å². The summed E-state index contributed by atoms with van der Waals surface area (Å²) in [5.41, 5.74) is 10.0. The van der Waals surface area contributed by atoms with E-state index in [1.165, 1.54) is 12.5 Å². The maximum absolute atomic E-state index is 14.0. The first kappa shape index (κ1) is 32.6. The second kappa shape index (κ2) is 15.5. The van der Waals surface area contributed by atoms with Gasteiger partial charge in [0.05, 0.1) is 12.4 Å². The number of fused-ring (bicyclic) bond motifs is 1. The summed E-state index contributed by atoms with van der Waals surface area (Å²) in [5, 5.41) is 18.9. The number of amides is 3. The van der Waals surface area contributed by atoms with Crippen molar-refractivity contribution in [1.82, 2.24) is 30.9 Å². The lowest BCUT2D eigenvalue weighted by Gasteiger charge is -2.25. The fraction of sp³-hybridized carbons (Fsp3) is 0.229. The number of imidazole rings is 1. The Bertz CT molecular complexity index is 1790. The third kappa shape index (κ3) is 8.92. The summed E-state index contributed by atoms with van der Waals surface area (Å²) < 4.78 is 0. The van der Waals surface area contributed by atoms with Crippen molar-refractivity contribution >= 4 is 34.6 Å². The summed E-state index contributed by atoms with van der Waals surface area (Å²) in [6, 6.07) is 21.5. The molecule has 242 valence electrons. The molecule has 0 spiro atoms. The number of nitrogens with one attached hydrogen (secondary N) is 5. The first-order valence-electron chi connectivity index (χ1n) is 15.3. The Hall–Kier alpha value is -5.75. The van der Waals surface area contributed by atoms with Gasteiger partial charge in [-0.1, -0.05) is 78.9 Å². The van der Waals surface area contributed by atoms with Crippen LogP contribution in [0.3, 0.4) is 0 Å². The monoisotopic (exact) mass is 635 g/mol. The van der Waals surface area contributed by atoms with Crippen LogP contribution in [-0.4, -0.2) is 67.9 Å². The smallest absolute Gasteiger partial charge is 0.326 e. The number of hydrogen-bond acceptors (Lipinski definition) is 6. The van der Waals surface area contributed by atoms with Gasteiger partial charge in [-0.05, 0) is 29.2 Å². The number of nitrogens with zero attached hydrogens (tertiary/aromatic N) is 1. The Balaban J connectivity index is 1.38. The summed E-state index contributed by atoms with van der Waals surface area (Å²) in [4.78, 5) is 63.1. The van der Waals surface area contributed by atoms with Gasteiger partial charge in [0.15, 0.2) is 0 Å². The van der Waals surface area contributed by atoms with Crippen LogP contribution >= 0.6 is 0 Å². The number of benzene rings is 3. The van der Waals surface area contributed by atoms with Crippen LogP contribution in [0.15, 0.2) is 104 Å². The van der Waals surface area contributed by atoms with Crippen molar-refractivity contribution in [3.63, 3.8) is 0 Å². The molecule has 12 nitrogen and oxygen atoms in total. The van der Waals surface area contributed by atoms with E-state index in [4.69, 9.17) is 5.73 Å². The van der Waals surface area contributed by atoms with Gasteiger partial charge in [-0.15, -0.1) is 0 Å². The van der Waals surface area contributed by atoms with E-state index in [1.807, 2.05) is 84.9 Å². The summed E-state index contributed by atoms with van der Waals surface area (Å²) >= 11 is 0. The summed E-state index contributed by atoms with van der Waals surface area (Å²) in [6.45, 7) is 0. The zero-order valence-corrected chi connectivity index (χ0v) is 25.6. The molecule has 0 fully saturated rings. The van der Waals surface area contributed by atoms with E-state index in [9.17, 15) is 24.3 Å². The standard InChI is InChI=1S/C35H37N7O5/c36-27(15-22-9-3-1-4-10-22)32(43)40-29(16-23-11-5-2-6-12-23)33(44)41-30(17-24-19-38-28-14-8-7-13-26(24)28)34(45)42-31(35(46)47)18-25-20-37-21-39-25/h1-14,19-21,27,29-31,38H,15-18,36H2,(H,37,39)(H,40,43)(H,41,44)(H,42,45)(H,46,47). The number of carbonyl (C=O) groups excluding carboxylic acids is 3. The SMILES string of the molecule is NC(Cc1ccccc1)C(=O)NC(Cc1ccccc1)C(=O)NC(Cc1c[nH]c2ccccc12)C(=O)NC(Cc1cnc[nH]1)C(=O)O. The van der Waals surface area contributed by atoms with E-state index in [2.05, 4.69) is 30.9 Å². The van der Waals surface area contributed by atoms with E-state index in [-0.39, 0.29) is 25.7 Å². The van der Waals surface area contributed by atoms with Crippen LogP contribution < -0.4 is 21.7 Å². The number of aromatic nitrogens is 3. The molecule has 5 rings (SSSR count). The van der Waals surface area contributed by atoms with Gasteiger partial charge < -0.3 is 36.8 Å². The van der Waals surface area contributed by atoms with Gasteiger partial charge in [-0.3, -0.25) is 14.4 Å². The third-order valence-electron chi connectivity index (χ3n) is 7.88. The van der Waals surface area contributed by atoms with Crippen molar-refractivity contribution in [2.45, 2.75) is 49.9 Å². The molecule has 0 aliphatic heterocycles. The fourth-order valence-electron chi connectivity index (χ4n) is 5.39. The highest BCUT2D eigenvalue weighted by Crippen LogP contribution is 2.19. The Morgan fingerprint density at radius 1 is 0.681 bits per heavy atom. The zero-order chi connectivity index (χ0) is 33.2. The van der Waals surface area contributed by atoms with E-state index >= 15 is 0 Å². The van der Waals surface area contributed by atoms with Gasteiger partial charge in [-0.25, -0.2) is 9.78 Å². The number of aromatic amines is 2. The number of hydrogen-bond donors (Lipinski definition) is 7. The van der Waals surface area contributed by atoms with Crippen molar-refractivity contribution in [2.24, 2.45) is 5.73 Å². The second-order valence-corrected chi connectivity index (χ2v) is 11.4. The molecular weight excluding hydrogens is 598 g/mol. The lowest BCUT2D eigenvalue weighted by Crippen LogP contribution is -2.58. The molecule has 0 saturated heterocycles. The number of carboxylic acid groups (broad SMARTS) is 1. The lowest BCUT2D eigenvalue weighted by molar-refractivity contribution is -0.142. The molecule has 2 heterocycles. The topological polar surface area (TPSA) is 195 Å². The van der Waals surface area contributed by atoms with Gasteiger partial charge in [0.25, 0.3) is 0 Å². The first-order valence-corrected chi connectivity index (χ1v) is 15.3. The molecule has 2 aromatic heterocycles. The summed E-state index contributed by atoms with van der Waals surface area (Å²) in [5.74, 6) is -3.07. The van der Waals surface area contributed by atoms with Crippen LogP contribution in [0.5, 0.6) is 0 Å². The number of para-hydroxylation sites is 1. The molecule has 0 aliphatic carbocycles. The van der Waals surface area contributed by atoms with Gasteiger partial charge in [0, 0.05) is 48.3 Å². The van der Waals surface area contributed by atoms with Crippen LogP contribution in [-0.2, 0) is 44.9 Å². The minimum absolute atomic E-state index is 0.0409. The molecule has 4 atom stereocenters. The van der Waals surface area contributed by atoms with Gasteiger partial charge in [0.1, 0.15) is 18.1 Å². The van der Waals surface area contributed by atoms with Gasteiger partial charge in [-0.2, -0.15) is 0 Å². The van der Waals surface area contributed by atoms with Crippen molar-refractivity contribution in [3.8, 4) is 0 Å². The maximum Gasteiger partial charge on any atom is 0.326 e. The van der Waals surface area contributed by atoms with E-state index < -0.39 is 47.9 Å². The van der Waals surface area contributed by atoms with Crippen LogP contribution in [0.2, 0.25) is 0 Å². The highest BCUT2D eigenvalue weighted by atomic mass is 16.4. The predicted octanol–water partition coefficient (Wildman–Crippen LogP) is 2.03. The Labute approximate surface area is 271 Å². The molecule has 0 aliphatic rings. The molecule has 47 heavy (non-hydrogen) atoms. The largest absolute Gasteiger partial charge is 0.480 e. The Morgan fingerprint density at radius 3 is 1.89 bits per heavy atom. The van der Waals surface area contributed by atoms with Crippen molar-refractivity contribution < 1.29 is 24.3 Å². The average molecular weight is 636 g/mol. The van der Waals surface area contributed by atoms with Crippen LogP contribution in [0.25, 0.3) is 10.9 Å². The number of nitrogens with two attached hydrogens (primary N) is 1. The molecule has 4 unspecified atom stereocenters. The van der Waals surface area contributed by atoms with Crippen LogP contribution in [0.4, 0.5) is 0 Å². The van der Waals surface area contributed by atoms with Crippen LogP contribution in [0, 0.1) is 0 Å². The van der Waals surface area contributed by atoms with Gasteiger partial charge >= 0.3 is 5.97 Å². The number of aliphatic carboxylic acids is 1. The second-order valence-electron chi connectivity index (χ2n) is 11.4. The highest BCUT2D eigenvalue weighted by molar-refractivity contribution is 5.95. The fourth-order valence-corrected chi connectivity index (χ4v) is 5.39. The summed E-state index contributed by atoms with van der Waals surface area (Å²) in [7, 11) is 0. The third-order valence-corrected chi connectivity index (χ3v) is 7.88. The average Bonchev–Trinajstić information content (AvgIpc) is 3.74. The Kier molecular flexibility index (Phi) is 10.8. The normalized spacial score (nSPS) is 13.6. The van der Waals surface area contributed by atoms with E-state index in [0.29, 0.717) is 5.69 Å². The minimum Gasteiger partial charge on any atom is -0.480 e. The molecule has 3 aromatic carbocycles. The molecule has 0 saturated carbocycles. The first-order chi connectivity index (χ1) is 22.8. The highest BCUT2D eigenvalue weighted by Gasteiger charge is 2.31. The number of carboxylic acids is 1. The minimum atomic E-state index is -1.29. The predicted molar refractivity (Wildman–Crippen MR) is 176 cm³/mol. The van der Waals surface area contributed by atoms with Crippen molar-refractivity contribution in [1.29, 1.82) is 0 Å². The summed E-state index contributed by atoms with van der Waals surface area (Å²) in [6.07, 6.45) is 5.07. The lowest BCUT2D eigenvalue weighted by atomic mass is 10.0. The number of carbonyl (C=O) groups is 4. The Morgan fingerprint density at radius 2 is 1.26 bits per heavy atom. The quantitative estimate of drug-likeness (QED) is 0.0914. The van der Waals surface area contributed by atoms with E-state index in [0.717, 1.165) is 27.6 Å². The number of rotatable bonds is 15. The molecule has 8 N–H and O–H groups in total. The maximum atomic E-state index is 14.0. The molecule has 0 bridgehead atoms. The molecule has 3 amide bonds. The van der Waals surface area contributed by atoms with Crippen molar-refractivity contribution in [2.75, 3.05) is 0 Å².